The lowest BCUT2D eigenvalue weighted by Gasteiger charge is -2.04. The van der Waals surface area contributed by atoms with Gasteiger partial charge in [0.05, 0.1) is 5.92 Å². The molecule has 3 atom stereocenters. The van der Waals surface area contributed by atoms with Gasteiger partial charge in [-0.2, -0.15) is 0 Å². The van der Waals surface area contributed by atoms with E-state index < -0.39 is 0 Å². The van der Waals surface area contributed by atoms with Gasteiger partial charge in [-0.3, -0.25) is 9.78 Å². The number of aromatic nitrogens is 1. The maximum atomic E-state index is 12.1. The Hall–Kier alpha value is -2.16. The summed E-state index contributed by atoms with van der Waals surface area (Å²) < 4.78 is 5.41. The summed E-state index contributed by atoms with van der Waals surface area (Å²) >= 11 is 0. The Labute approximate surface area is 118 Å². The van der Waals surface area contributed by atoms with E-state index in [0.29, 0.717) is 12.5 Å². The van der Waals surface area contributed by atoms with Gasteiger partial charge in [-0.25, -0.2) is 0 Å². The van der Waals surface area contributed by atoms with Crippen molar-refractivity contribution in [1.29, 1.82) is 0 Å². The highest BCUT2D eigenvalue weighted by Gasteiger charge is 2.54. The summed E-state index contributed by atoms with van der Waals surface area (Å²) in [6.45, 7) is 2.42. The third-order valence-electron chi connectivity index (χ3n) is 3.90. The molecule has 3 heteroatoms. The van der Waals surface area contributed by atoms with Gasteiger partial charge in [0.25, 0.3) is 0 Å². The van der Waals surface area contributed by atoms with Crippen molar-refractivity contribution in [2.75, 3.05) is 0 Å². The first kappa shape index (κ1) is 12.9. The van der Waals surface area contributed by atoms with Gasteiger partial charge >= 0.3 is 5.97 Å². The van der Waals surface area contributed by atoms with E-state index in [1.54, 1.807) is 6.20 Å². The number of nitrogens with zero attached hydrogens (tertiary/aromatic N) is 1. The molecule has 1 aromatic heterocycles. The van der Waals surface area contributed by atoms with Gasteiger partial charge in [0.2, 0.25) is 0 Å². The van der Waals surface area contributed by atoms with Crippen LogP contribution in [-0.2, 0) is 16.1 Å². The van der Waals surface area contributed by atoms with Crippen molar-refractivity contribution in [1.82, 2.24) is 4.98 Å². The van der Waals surface area contributed by atoms with Gasteiger partial charge in [0, 0.05) is 17.8 Å². The van der Waals surface area contributed by atoms with E-state index in [9.17, 15) is 4.79 Å². The van der Waals surface area contributed by atoms with Crippen LogP contribution in [0.15, 0.2) is 54.7 Å². The van der Waals surface area contributed by atoms with Crippen molar-refractivity contribution in [3.8, 4) is 0 Å². The third kappa shape index (κ3) is 2.57. The molecule has 3 rings (SSSR count). The van der Waals surface area contributed by atoms with Crippen LogP contribution in [0.2, 0.25) is 0 Å². The summed E-state index contributed by atoms with van der Waals surface area (Å²) in [5.41, 5.74) is 2.00. The maximum absolute atomic E-state index is 12.1. The number of hydrogen-bond acceptors (Lipinski definition) is 3. The Morgan fingerprint density at radius 3 is 2.60 bits per heavy atom. The fourth-order valence-corrected chi connectivity index (χ4v) is 2.68. The number of carbonyl (C=O) groups excluding carboxylic acids is 1. The van der Waals surface area contributed by atoms with Gasteiger partial charge in [0.15, 0.2) is 0 Å². The minimum Gasteiger partial charge on any atom is -0.461 e. The number of carbonyl (C=O) groups is 1. The zero-order chi connectivity index (χ0) is 13.9. The van der Waals surface area contributed by atoms with E-state index in [-0.39, 0.29) is 17.8 Å². The first-order chi connectivity index (χ1) is 9.77. The number of hydrogen-bond donors (Lipinski definition) is 0. The molecular formula is C17H17NO2. The molecule has 1 saturated carbocycles. The molecule has 102 valence electrons. The zero-order valence-electron chi connectivity index (χ0n) is 11.4. The molecule has 0 radical (unpaired) electrons. The van der Waals surface area contributed by atoms with Crippen LogP contribution in [0.1, 0.15) is 24.1 Å². The van der Waals surface area contributed by atoms with E-state index in [2.05, 4.69) is 11.9 Å². The SMILES string of the molecule is C[C@H]1C(c2ccccn2)[C@@H]1C(=O)OCc1ccccc1. The van der Waals surface area contributed by atoms with Gasteiger partial charge in [-0.1, -0.05) is 43.3 Å². The third-order valence-corrected chi connectivity index (χ3v) is 3.90. The van der Waals surface area contributed by atoms with Crippen LogP contribution in [0.25, 0.3) is 0 Å². The summed E-state index contributed by atoms with van der Waals surface area (Å²) in [6.07, 6.45) is 1.77. The largest absolute Gasteiger partial charge is 0.461 e. The molecule has 0 bridgehead atoms. The smallest absolute Gasteiger partial charge is 0.310 e. The predicted octanol–water partition coefficient (Wildman–Crippen LogP) is 3.17. The molecule has 0 spiro atoms. The minimum atomic E-state index is -0.114. The van der Waals surface area contributed by atoms with E-state index in [0.717, 1.165) is 11.3 Å². The molecule has 1 aromatic carbocycles. The lowest BCUT2D eigenvalue weighted by atomic mass is 10.2. The second-order valence-electron chi connectivity index (χ2n) is 5.26. The number of rotatable bonds is 4. The Morgan fingerprint density at radius 2 is 1.90 bits per heavy atom. The van der Waals surface area contributed by atoms with Gasteiger partial charge in [-0.15, -0.1) is 0 Å². The van der Waals surface area contributed by atoms with Crippen molar-refractivity contribution in [3.05, 3.63) is 66.0 Å². The van der Waals surface area contributed by atoms with Crippen molar-refractivity contribution in [3.63, 3.8) is 0 Å². The minimum absolute atomic E-state index is 0.0476. The van der Waals surface area contributed by atoms with Crippen LogP contribution >= 0.6 is 0 Å². The lowest BCUT2D eigenvalue weighted by molar-refractivity contribution is -0.147. The van der Waals surface area contributed by atoms with E-state index >= 15 is 0 Å². The first-order valence-electron chi connectivity index (χ1n) is 6.89. The maximum Gasteiger partial charge on any atom is 0.310 e. The standard InChI is InChI=1S/C17H17NO2/c1-12-15(14-9-5-6-10-18-14)16(12)17(19)20-11-13-7-3-2-4-8-13/h2-10,12,15-16H,11H2,1H3/t12-,15?,16+/m0/s1. The second-order valence-corrected chi connectivity index (χ2v) is 5.26. The van der Waals surface area contributed by atoms with Crippen molar-refractivity contribution in [2.45, 2.75) is 19.4 Å². The molecule has 0 aliphatic heterocycles. The van der Waals surface area contributed by atoms with Crippen LogP contribution in [0.4, 0.5) is 0 Å². The fraction of sp³-hybridized carbons (Fsp3) is 0.294. The summed E-state index contributed by atoms with van der Waals surface area (Å²) in [6, 6.07) is 15.6. The molecule has 1 aliphatic carbocycles. The predicted molar refractivity (Wildman–Crippen MR) is 75.9 cm³/mol. The molecule has 3 nitrogen and oxygen atoms in total. The molecule has 2 aromatic rings. The summed E-state index contributed by atoms with van der Waals surface area (Å²) in [5, 5.41) is 0. The highest BCUT2D eigenvalue weighted by molar-refractivity contribution is 5.78. The molecule has 1 unspecified atom stereocenters. The fourth-order valence-electron chi connectivity index (χ4n) is 2.68. The van der Waals surface area contributed by atoms with E-state index in [4.69, 9.17) is 4.74 Å². The number of pyridine rings is 1. The topological polar surface area (TPSA) is 39.2 Å². The Kier molecular flexibility index (Phi) is 3.50. The van der Waals surface area contributed by atoms with Crippen LogP contribution in [0, 0.1) is 11.8 Å². The Balaban J connectivity index is 1.59. The summed E-state index contributed by atoms with van der Waals surface area (Å²) in [7, 11) is 0. The van der Waals surface area contributed by atoms with Crippen LogP contribution in [0.5, 0.6) is 0 Å². The first-order valence-corrected chi connectivity index (χ1v) is 6.89. The van der Waals surface area contributed by atoms with Crippen LogP contribution in [0.3, 0.4) is 0 Å². The molecule has 1 aliphatic rings. The summed E-state index contributed by atoms with van der Waals surface area (Å²) in [5.74, 6) is 0.360. The molecule has 1 heterocycles. The number of benzene rings is 1. The van der Waals surface area contributed by atoms with Crippen molar-refractivity contribution in [2.24, 2.45) is 11.8 Å². The van der Waals surface area contributed by atoms with Crippen LogP contribution in [-0.4, -0.2) is 11.0 Å². The lowest BCUT2D eigenvalue weighted by Crippen LogP contribution is -2.08. The highest BCUT2D eigenvalue weighted by atomic mass is 16.5. The van der Waals surface area contributed by atoms with Gasteiger partial charge in [0.1, 0.15) is 6.61 Å². The normalized spacial score (nSPS) is 24.1. The van der Waals surface area contributed by atoms with Crippen molar-refractivity contribution < 1.29 is 9.53 Å². The number of ether oxygens (including phenoxy) is 1. The quantitative estimate of drug-likeness (QED) is 0.799. The van der Waals surface area contributed by atoms with E-state index in [1.165, 1.54) is 0 Å². The molecular weight excluding hydrogens is 250 g/mol. The van der Waals surface area contributed by atoms with Gasteiger partial charge in [-0.05, 0) is 23.6 Å². The average molecular weight is 267 g/mol. The highest BCUT2D eigenvalue weighted by Crippen LogP contribution is 2.53. The zero-order valence-corrected chi connectivity index (χ0v) is 11.4. The molecule has 20 heavy (non-hydrogen) atoms. The Bertz CT molecular complexity index is 582. The van der Waals surface area contributed by atoms with Crippen LogP contribution < -0.4 is 0 Å². The monoisotopic (exact) mass is 267 g/mol. The van der Waals surface area contributed by atoms with Crippen molar-refractivity contribution >= 4 is 5.97 Å². The number of esters is 1. The van der Waals surface area contributed by atoms with Gasteiger partial charge < -0.3 is 4.74 Å². The second kappa shape index (κ2) is 5.45. The van der Waals surface area contributed by atoms with E-state index in [1.807, 2.05) is 48.5 Å². The summed E-state index contributed by atoms with van der Waals surface area (Å²) in [4.78, 5) is 16.5. The average Bonchev–Trinajstić information content (AvgIpc) is 3.18. The Morgan fingerprint density at radius 1 is 1.15 bits per heavy atom. The molecule has 0 saturated heterocycles. The molecule has 0 amide bonds. The molecule has 0 N–H and O–H groups in total. The molecule has 1 fully saturated rings.